The van der Waals surface area contributed by atoms with Crippen molar-refractivity contribution in [3.8, 4) is 5.75 Å². The van der Waals surface area contributed by atoms with E-state index in [1.807, 2.05) is 12.1 Å². The predicted molar refractivity (Wildman–Crippen MR) is 85.4 cm³/mol. The number of ether oxygens (including phenoxy) is 1. The van der Waals surface area contributed by atoms with Gasteiger partial charge in [0.05, 0.1) is 7.11 Å². The molecule has 1 aliphatic heterocycles. The van der Waals surface area contributed by atoms with Crippen molar-refractivity contribution in [3.05, 3.63) is 65.7 Å². The molecule has 0 aromatic heterocycles. The number of hydrogen-bond donors (Lipinski definition) is 1. The lowest BCUT2D eigenvalue weighted by Crippen LogP contribution is -2.28. The molecule has 1 fully saturated rings. The molecule has 21 heavy (non-hydrogen) atoms. The SMILES string of the molecule is COc1ccc(CN2C[C@@H](N)[C@H](c3ccccc3)C2)cc1. The molecule has 1 aliphatic rings. The Hall–Kier alpha value is -1.84. The molecule has 2 N–H and O–H groups in total. The van der Waals surface area contributed by atoms with Crippen molar-refractivity contribution in [3.63, 3.8) is 0 Å². The van der Waals surface area contributed by atoms with Gasteiger partial charge in [0.25, 0.3) is 0 Å². The van der Waals surface area contributed by atoms with E-state index in [1.54, 1.807) is 7.11 Å². The van der Waals surface area contributed by atoms with Crippen LogP contribution in [-0.4, -0.2) is 31.1 Å². The van der Waals surface area contributed by atoms with Crippen LogP contribution in [0.15, 0.2) is 54.6 Å². The normalized spacial score (nSPS) is 22.4. The van der Waals surface area contributed by atoms with Crippen LogP contribution >= 0.6 is 0 Å². The smallest absolute Gasteiger partial charge is 0.118 e. The standard InChI is InChI=1S/C18H22N2O/c1-21-16-9-7-14(8-10-16)11-20-12-17(18(19)13-20)15-5-3-2-4-6-15/h2-10,17-18H,11-13,19H2,1H3/t17-,18+/m0/s1. The average Bonchev–Trinajstić information content (AvgIpc) is 2.89. The van der Waals surface area contributed by atoms with Crippen LogP contribution in [0.5, 0.6) is 5.75 Å². The minimum atomic E-state index is 0.214. The van der Waals surface area contributed by atoms with Gasteiger partial charge in [0.15, 0.2) is 0 Å². The number of nitrogens with zero attached hydrogens (tertiary/aromatic N) is 1. The van der Waals surface area contributed by atoms with Gasteiger partial charge in [-0.2, -0.15) is 0 Å². The van der Waals surface area contributed by atoms with Gasteiger partial charge in [0.2, 0.25) is 0 Å². The van der Waals surface area contributed by atoms with E-state index in [0.717, 1.165) is 25.4 Å². The van der Waals surface area contributed by atoms with Gasteiger partial charge in [-0.3, -0.25) is 4.90 Å². The maximum absolute atomic E-state index is 6.34. The Morgan fingerprint density at radius 2 is 1.76 bits per heavy atom. The van der Waals surface area contributed by atoms with Crippen LogP contribution in [0.1, 0.15) is 17.0 Å². The van der Waals surface area contributed by atoms with Crippen LogP contribution in [-0.2, 0) is 6.54 Å². The third-order valence-corrected chi connectivity index (χ3v) is 4.23. The Kier molecular flexibility index (Phi) is 4.23. The Balaban J connectivity index is 1.65. The Labute approximate surface area is 126 Å². The van der Waals surface area contributed by atoms with E-state index in [1.165, 1.54) is 11.1 Å². The summed E-state index contributed by atoms with van der Waals surface area (Å²) in [5.74, 6) is 1.34. The number of methoxy groups -OCH3 is 1. The van der Waals surface area contributed by atoms with Crippen LogP contribution in [0.2, 0.25) is 0 Å². The molecule has 0 aliphatic carbocycles. The highest BCUT2D eigenvalue weighted by atomic mass is 16.5. The van der Waals surface area contributed by atoms with Crippen molar-refractivity contribution < 1.29 is 4.74 Å². The van der Waals surface area contributed by atoms with Crippen molar-refractivity contribution in [2.45, 2.75) is 18.5 Å². The molecule has 2 aromatic carbocycles. The average molecular weight is 282 g/mol. The van der Waals surface area contributed by atoms with Gasteiger partial charge >= 0.3 is 0 Å². The molecule has 0 amide bonds. The molecule has 0 bridgehead atoms. The minimum absolute atomic E-state index is 0.214. The molecule has 0 spiro atoms. The zero-order valence-corrected chi connectivity index (χ0v) is 12.4. The fourth-order valence-electron chi connectivity index (χ4n) is 3.08. The summed E-state index contributed by atoms with van der Waals surface area (Å²) < 4.78 is 5.20. The van der Waals surface area contributed by atoms with Gasteiger partial charge in [-0.25, -0.2) is 0 Å². The van der Waals surface area contributed by atoms with E-state index in [-0.39, 0.29) is 6.04 Å². The first kappa shape index (κ1) is 14.1. The van der Waals surface area contributed by atoms with Crippen molar-refractivity contribution in [1.82, 2.24) is 4.90 Å². The summed E-state index contributed by atoms with van der Waals surface area (Å²) in [6.45, 7) is 2.92. The Morgan fingerprint density at radius 1 is 1.05 bits per heavy atom. The number of rotatable bonds is 4. The van der Waals surface area contributed by atoms with Gasteiger partial charge in [-0.15, -0.1) is 0 Å². The molecule has 1 heterocycles. The maximum Gasteiger partial charge on any atom is 0.118 e. The van der Waals surface area contributed by atoms with Crippen LogP contribution in [0.25, 0.3) is 0 Å². The molecule has 110 valence electrons. The van der Waals surface area contributed by atoms with Gasteiger partial charge < -0.3 is 10.5 Å². The van der Waals surface area contributed by atoms with Crippen molar-refractivity contribution in [2.75, 3.05) is 20.2 Å². The van der Waals surface area contributed by atoms with Crippen LogP contribution in [0, 0.1) is 0 Å². The van der Waals surface area contributed by atoms with Gasteiger partial charge in [-0.1, -0.05) is 42.5 Å². The molecule has 2 aromatic rings. The first-order valence-electron chi connectivity index (χ1n) is 7.42. The number of likely N-dealkylation sites (tertiary alicyclic amines) is 1. The van der Waals surface area contributed by atoms with Crippen molar-refractivity contribution >= 4 is 0 Å². The summed E-state index contributed by atoms with van der Waals surface area (Å²) in [4.78, 5) is 2.43. The molecule has 3 heteroatoms. The van der Waals surface area contributed by atoms with E-state index in [2.05, 4.69) is 47.4 Å². The molecule has 3 rings (SSSR count). The van der Waals surface area contributed by atoms with Gasteiger partial charge in [0, 0.05) is 31.6 Å². The third-order valence-electron chi connectivity index (χ3n) is 4.23. The van der Waals surface area contributed by atoms with E-state index < -0.39 is 0 Å². The second-order valence-electron chi connectivity index (χ2n) is 5.72. The molecule has 0 saturated carbocycles. The largest absolute Gasteiger partial charge is 0.497 e. The zero-order valence-electron chi connectivity index (χ0n) is 12.4. The highest BCUT2D eigenvalue weighted by Gasteiger charge is 2.30. The summed E-state index contributed by atoms with van der Waals surface area (Å²) >= 11 is 0. The molecule has 0 unspecified atom stereocenters. The number of hydrogen-bond acceptors (Lipinski definition) is 3. The lowest BCUT2D eigenvalue weighted by molar-refractivity contribution is 0.323. The van der Waals surface area contributed by atoms with Crippen molar-refractivity contribution in [2.24, 2.45) is 5.73 Å². The fourth-order valence-corrected chi connectivity index (χ4v) is 3.08. The molecule has 0 radical (unpaired) electrons. The summed E-state index contributed by atoms with van der Waals surface area (Å²) in [5.41, 5.74) is 8.99. The molecule has 3 nitrogen and oxygen atoms in total. The predicted octanol–water partition coefficient (Wildman–Crippen LogP) is 2.62. The van der Waals surface area contributed by atoms with Crippen molar-refractivity contribution in [1.29, 1.82) is 0 Å². The van der Waals surface area contributed by atoms with E-state index in [4.69, 9.17) is 10.5 Å². The molecular weight excluding hydrogens is 260 g/mol. The lowest BCUT2D eigenvalue weighted by Gasteiger charge is -2.16. The lowest BCUT2D eigenvalue weighted by atomic mass is 9.95. The summed E-state index contributed by atoms with van der Waals surface area (Å²) in [7, 11) is 1.69. The second kappa shape index (κ2) is 6.29. The monoisotopic (exact) mass is 282 g/mol. The Bertz CT molecular complexity index is 568. The fraction of sp³-hybridized carbons (Fsp3) is 0.333. The highest BCUT2D eigenvalue weighted by Crippen LogP contribution is 2.27. The van der Waals surface area contributed by atoms with Crippen LogP contribution in [0.4, 0.5) is 0 Å². The zero-order chi connectivity index (χ0) is 14.7. The third kappa shape index (κ3) is 3.26. The topological polar surface area (TPSA) is 38.5 Å². The number of nitrogens with two attached hydrogens (primary N) is 1. The first-order chi connectivity index (χ1) is 10.3. The molecular formula is C18H22N2O. The van der Waals surface area contributed by atoms with Crippen LogP contribution < -0.4 is 10.5 Å². The minimum Gasteiger partial charge on any atom is -0.497 e. The first-order valence-corrected chi connectivity index (χ1v) is 7.42. The quantitative estimate of drug-likeness (QED) is 0.937. The maximum atomic E-state index is 6.34. The second-order valence-corrected chi connectivity index (χ2v) is 5.72. The summed E-state index contributed by atoms with van der Waals surface area (Å²) in [5, 5.41) is 0. The van der Waals surface area contributed by atoms with Gasteiger partial charge in [0.1, 0.15) is 5.75 Å². The van der Waals surface area contributed by atoms with E-state index in [0.29, 0.717) is 5.92 Å². The molecule has 1 saturated heterocycles. The summed E-state index contributed by atoms with van der Waals surface area (Å²) in [6.07, 6.45) is 0. The van der Waals surface area contributed by atoms with E-state index in [9.17, 15) is 0 Å². The van der Waals surface area contributed by atoms with Gasteiger partial charge in [-0.05, 0) is 23.3 Å². The van der Waals surface area contributed by atoms with Crippen LogP contribution in [0.3, 0.4) is 0 Å². The number of benzene rings is 2. The Morgan fingerprint density at radius 3 is 2.43 bits per heavy atom. The summed E-state index contributed by atoms with van der Waals surface area (Å²) in [6, 6.07) is 19.1. The molecule has 2 atom stereocenters. The highest BCUT2D eigenvalue weighted by molar-refractivity contribution is 5.28. The van der Waals surface area contributed by atoms with E-state index >= 15 is 0 Å².